The number of amides is 1. The maximum Gasteiger partial charge on any atom is 0.421 e. The van der Waals surface area contributed by atoms with E-state index < -0.39 is 40.0 Å². The van der Waals surface area contributed by atoms with Crippen molar-refractivity contribution in [2.24, 2.45) is 5.14 Å². The van der Waals surface area contributed by atoms with Crippen LogP contribution in [0, 0.1) is 6.92 Å². The van der Waals surface area contributed by atoms with Crippen molar-refractivity contribution in [2.75, 3.05) is 26.5 Å². The Morgan fingerprint density at radius 2 is 1.71 bits per heavy atom. The van der Waals surface area contributed by atoms with Crippen LogP contribution in [-0.4, -0.2) is 74.1 Å². The van der Waals surface area contributed by atoms with Crippen LogP contribution < -0.4 is 19.3 Å². The third kappa shape index (κ3) is 17.5. The fourth-order valence-electron chi connectivity index (χ4n) is 4.57. The number of nitrogens with one attached hydrogen (secondary N) is 1. The van der Waals surface area contributed by atoms with Crippen LogP contribution in [0.1, 0.15) is 67.1 Å². The van der Waals surface area contributed by atoms with Gasteiger partial charge in [0.05, 0.1) is 32.6 Å². The number of methoxy groups -OCH3 is 1. The number of allylic oxidation sites excluding steroid dienone is 2. The first-order chi connectivity index (χ1) is 22.4. The first kappa shape index (κ1) is 44.8. The number of rotatable bonds is 18. The topological polar surface area (TPSA) is 190 Å². The van der Waals surface area contributed by atoms with Gasteiger partial charge in [0.2, 0.25) is 0 Å². The van der Waals surface area contributed by atoms with Crippen molar-refractivity contribution >= 4 is 46.0 Å². The summed E-state index contributed by atoms with van der Waals surface area (Å²) in [5.74, 6) is 0.931. The second-order valence-electron chi connectivity index (χ2n) is 14.7. The molecule has 1 amide bonds. The molecule has 17 heteroatoms. The van der Waals surface area contributed by atoms with E-state index >= 15 is 0 Å². The zero-order valence-electron chi connectivity index (χ0n) is 31.2. The van der Waals surface area contributed by atoms with Gasteiger partial charge in [-0.15, -0.1) is 0 Å². The third-order valence-corrected chi connectivity index (χ3v) is 13.1. The van der Waals surface area contributed by atoms with Crippen molar-refractivity contribution in [1.29, 1.82) is 0 Å². The first-order valence-electron chi connectivity index (χ1n) is 16.5. The zero-order chi connectivity index (χ0) is 37.8. The van der Waals surface area contributed by atoms with Crippen molar-refractivity contribution in [2.45, 2.75) is 117 Å². The van der Waals surface area contributed by atoms with Crippen molar-refractivity contribution in [3.63, 3.8) is 0 Å². The number of cyclic esters (lactones) is 1. The van der Waals surface area contributed by atoms with Gasteiger partial charge >= 0.3 is 29.9 Å². The minimum absolute atomic E-state index is 0.126. The summed E-state index contributed by atoms with van der Waals surface area (Å²) in [6.45, 7) is 21.9. The molecule has 0 saturated heterocycles. The number of carbonyl (C=O) groups is 2. The molecule has 1 aliphatic heterocycles. The molecule has 4 N–H and O–H groups in total. The van der Waals surface area contributed by atoms with Gasteiger partial charge in [-0.1, -0.05) is 57.9 Å². The molecule has 2 unspecified atom stereocenters. The van der Waals surface area contributed by atoms with Crippen LogP contribution in [-0.2, 0) is 41.8 Å². The van der Waals surface area contributed by atoms with Crippen LogP contribution in [0.5, 0.6) is 11.5 Å². The number of hydrogen-bond donors (Lipinski definition) is 3. The molecule has 49 heavy (non-hydrogen) atoms. The number of carbonyl (C=O) groups excluding carboxylic acids is 2. The number of esters is 1. The summed E-state index contributed by atoms with van der Waals surface area (Å²) >= 11 is 0. The molecule has 1 aromatic rings. The van der Waals surface area contributed by atoms with Gasteiger partial charge in [0, 0.05) is 27.3 Å². The van der Waals surface area contributed by atoms with Gasteiger partial charge in [-0.05, 0) is 64.1 Å². The van der Waals surface area contributed by atoms with Crippen LogP contribution >= 0.6 is 7.60 Å². The van der Waals surface area contributed by atoms with Gasteiger partial charge < -0.3 is 28.4 Å². The van der Waals surface area contributed by atoms with E-state index in [2.05, 4.69) is 55.2 Å². The van der Waals surface area contributed by atoms with E-state index in [0.29, 0.717) is 43.6 Å². The molecule has 1 aliphatic rings. The fourth-order valence-corrected chi connectivity index (χ4v) is 7.66. The van der Waals surface area contributed by atoms with Crippen LogP contribution in [0.4, 0.5) is 4.79 Å². The van der Waals surface area contributed by atoms with Crippen molar-refractivity contribution in [3.8, 4) is 11.5 Å². The fraction of sp³-hybridized carbons (Fsp3) is 0.688. The van der Waals surface area contributed by atoms with Gasteiger partial charge in [0.1, 0.15) is 23.7 Å². The van der Waals surface area contributed by atoms with E-state index in [0.717, 1.165) is 40.1 Å². The van der Waals surface area contributed by atoms with Crippen LogP contribution in [0.3, 0.4) is 0 Å². The Bertz CT molecular complexity index is 1470. The Balaban J connectivity index is 0.000000721. The highest BCUT2D eigenvalue weighted by Gasteiger charge is 2.33. The van der Waals surface area contributed by atoms with Crippen molar-refractivity contribution < 1.29 is 50.9 Å². The Kier molecular flexibility index (Phi) is 17.8. The summed E-state index contributed by atoms with van der Waals surface area (Å²) < 4.78 is 61.8. The molecule has 282 valence electrons. The summed E-state index contributed by atoms with van der Waals surface area (Å²) in [5.41, 5.74) is 4.17. The van der Waals surface area contributed by atoms with E-state index in [1.54, 1.807) is 14.0 Å². The van der Waals surface area contributed by atoms with Crippen LogP contribution in [0.25, 0.3) is 0 Å². The lowest BCUT2D eigenvalue weighted by molar-refractivity contribution is 0.0532. The molecule has 1 heterocycles. The van der Waals surface area contributed by atoms with Crippen molar-refractivity contribution in [3.05, 3.63) is 33.9 Å². The van der Waals surface area contributed by atoms with Gasteiger partial charge in [0.15, 0.2) is 0 Å². The van der Waals surface area contributed by atoms with Gasteiger partial charge in [-0.25, -0.2) is 19.5 Å². The molecule has 0 aliphatic carbocycles. The van der Waals surface area contributed by atoms with Gasteiger partial charge in [0.25, 0.3) is 0 Å². The monoisotopic (exact) mass is 766 g/mol. The second-order valence-corrected chi connectivity index (χ2v) is 29.2. The predicted octanol–water partition coefficient (Wildman–Crippen LogP) is 6.91. The highest BCUT2D eigenvalue weighted by molar-refractivity contribution is 7.87. The molecule has 0 radical (unpaired) electrons. The third-order valence-electron chi connectivity index (χ3n) is 7.62. The summed E-state index contributed by atoms with van der Waals surface area (Å²) in [5, 5.41) is 4.56. The molecular weight excluding hydrogens is 708 g/mol. The van der Waals surface area contributed by atoms with E-state index in [4.69, 9.17) is 18.7 Å². The quantitative estimate of drug-likeness (QED) is 0.0609. The summed E-state index contributed by atoms with van der Waals surface area (Å²) in [4.78, 5) is 33.4. The molecule has 0 bridgehead atoms. The number of ether oxygens (including phenoxy) is 4. The Labute approximate surface area is 295 Å². The number of fused-ring (bicyclic) bond motifs is 1. The molecule has 13 nitrogen and oxygen atoms in total. The second kappa shape index (κ2) is 19.4. The standard InChI is InChI=1S/C26H43O7PSi.C6H16N2O4SSi/c1-9-19(3)33-34(28,29)15-10-11-18(2)12-13-21-24(30-5)20(4)22-17-32-26(27)23(22)25(21)31-14-16-35(6,7)8;1-14(2,3)5-4-12-6(9)8-13(7,10)11/h12,19H,9-11,13-17H2,1-8H3,(H,28,29);4-5H2,1-3H3,(H,8,9)(H2,7,10,11). The molecule has 0 spiro atoms. The van der Waals surface area contributed by atoms with E-state index in [1.807, 2.05) is 20.8 Å². The van der Waals surface area contributed by atoms with Gasteiger partial charge in [-0.2, -0.15) is 8.42 Å². The van der Waals surface area contributed by atoms with E-state index in [-0.39, 0.29) is 31.4 Å². The lowest BCUT2D eigenvalue weighted by Gasteiger charge is -2.21. The average Bonchev–Trinajstić information content (AvgIpc) is 3.32. The number of hydrogen-bond acceptors (Lipinski definition) is 10. The number of nitrogens with two attached hydrogens (primary N) is 1. The Morgan fingerprint density at radius 3 is 2.24 bits per heavy atom. The molecule has 2 rings (SSSR count). The SMILES string of the molecule is CCC(C)OP(=O)(O)CCCC(C)=CCc1c(OC)c(C)c2c(c1OCC[Si](C)(C)C)C(=O)OC2.C[Si](C)(C)CCOC(=O)NS(N)(=O)=O. The minimum Gasteiger partial charge on any atom is -0.496 e. The molecule has 1 aromatic carbocycles. The van der Waals surface area contributed by atoms with E-state index in [1.165, 1.54) is 4.72 Å². The lowest BCUT2D eigenvalue weighted by atomic mass is 9.94. The summed E-state index contributed by atoms with van der Waals surface area (Å²) in [6, 6.07) is 1.76. The lowest BCUT2D eigenvalue weighted by Crippen LogP contribution is -2.37. The number of benzene rings is 1. The predicted molar refractivity (Wildman–Crippen MR) is 198 cm³/mol. The molecule has 0 fully saturated rings. The Hall–Kier alpha value is -2.21. The van der Waals surface area contributed by atoms with E-state index in [9.17, 15) is 27.5 Å². The maximum atomic E-state index is 12.6. The molecule has 0 aromatic heterocycles. The average molecular weight is 767 g/mol. The van der Waals surface area contributed by atoms with Gasteiger partial charge in [-0.3, -0.25) is 4.57 Å². The van der Waals surface area contributed by atoms with Crippen LogP contribution in [0.15, 0.2) is 11.6 Å². The highest BCUT2D eigenvalue weighted by atomic mass is 32.2. The minimum atomic E-state index is -4.00. The van der Waals surface area contributed by atoms with Crippen LogP contribution in [0.2, 0.25) is 51.4 Å². The first-order valence-corrected chi connectivity index (χ1v) is 27.3. The normalized spacial score (nSPS) is 15.3. The largest absolute Gasteiger partial charge is 0.496 e. The molecular formula is C32H59N2O11PSSi2. The zero-order valence-corrected chi connectivity index (χ0v) is 34.9. The molecule has 2 atom stereocenters. The summed E-state index contributed by atoms with van der Waals surface area (Å²) in [6.07, 6.45) is 3.40. The Morgan fingerprint density at radius 1 is 1.12 bits per heavy atom. The smallest absolute Gasteiger partial charge is 0.421 e. The molecule has 0 saturated carbocycles. The van der Waals surface area contributed by atoms with Crippen molar-refractivity contribution in [1.82, 2.24) is 4.72 Å². The highest BCUT2D eigenvalue weighted by Crippen LogP contribution is 2.45. The summed E-state index contributed by atoms with van der Waals surface area (Å²) in [7, 11) is -8.54. The maximum absolute atomic E-state index is 12.6.